The summed E-state index contributed by atoms with van der Waals surface area (Å²) in [4.78, 5) is 24.3. The molecule has 0 fully saturated rings. The lowest BCUT2D eigenvalue weighted by Gasteiger charge is -2.24. The summed E-state index contributed by atoms with van der Waals surface area (Å²) in [6.07, 6.45) is -1.21. The van der Waals surface area contributed by atoms with Gasteiger partial charge in [0.1, 0.15) is 5.75 Å². The van der Waals surface area contributed by atoms with Gasteiger partial charge in [-0.25, -0.2) is 0 Å². The Hall–Kier alpha value is -2.34. The van der Waals surface area contributed by atoms with E-state index in [0.29, 0.717) is 17.1 Å². The van der Waals surface area contributed by atoms with E-state index >= 15 is 0 Å². The van der Waals surface area contributed by atoms with Crippen molar-refractivity contribution in [2.75, 3.05) is 10.6 Å². The first kappa shape index (κ1) is 14.6. The zero-order valence-electron chi connectivity index (χ0n) is 11.7. The van der Waals surface area contributed by atoms with Crippen molar-refractivity contribution in [1.29, 1.82) is 0 Å². The highest BCUT2D eigenvalue weighted by atomic mass is 79.9. The first-order valence-corrected chi connectivity index (χ1v) is 7.47. The maximum absolute atomic E-state index is 12.3. The van der Waals surface area contributed by atoms with E-state index in [9.17, 15) is 9.59 Å². The SMILES string of the molecule is Cc1cc(NC(=O)[C@H]2Oc3ccccc3NC2=O)ccc1Br. The van der Waals surface area contributed by atoms with Gasteiger partial charge in [-0.15, -0.1) is 0 Å². The van der Waals surface area contributed by atoms with Gasteiger partial charge < -0.3 is 15.4 Å². The number of aryl methyl sites for hydroxylation is 1. The van der Waals surface area contributed by atoms with Crippen molar-refractivity contribution in [3.05, 3.63) is 52.5 Å². The molecular weight excluding hydrogens is 348 g/mol. The monoisotopic (exact) mass is 360 g/mol. The summed E-state index contributed by atoms with van der Waals surface area (Å²) in [5, 5.41) is 5.36. The average molecular weight is 361 g/mol. The second kappa shape index (κ2) is 5.81. The van der Waals surface area contributed by atoms with Crippen molar-refractivity contribution in [2.45, 2.75) is 13.0 Å². The van der Waals surface area contributed by atoms with Crippen LogP contribution < -0.4 is 15.4 Å². The van der Waals surface area contributed by atoms with Crippen LogP contribution in [0.2, 0.25) is 0 Å². The van der Waals surface area contributed by atoms with Crippen LogP contribution in [0.1, 0.15) is 5.56 Å². The smallest absolute Gasteiger partial charge is 0.275 e. The fourth-order valence-electron chi connectivity index (χ4n) is 2.15. The molecule has 6 heteroatoms. The Kier molecular flexibility index (Phi) is 3.85. The highest BCUT2D eigenvalue weighted by Crippen LogP contribution is 2.29. The summed E-state index contributed by atoms with van der Waals surface area (Å²) in [5.74, 6) is -0.506. The number of halogens is 1. The molecule has 0 spiro atoms. The largest absolute Gasteiger partial charge is 0.468 e. The van der Waals surface area contributed by atoms with Crippen molar-refractivity contribution < 1.29 is 14.3 Å². The second-order valence-electron chi connectivity index (χ2n) is 4.94. The Morgan fingerprint density at radius 3 is 2.82 bits per heavy atom. The Labute approximate surface area is 135 Å². The molecule has 0 saturated heterocycles. The van der Waals surface area contributed by atoms with E-state index in [4.69, 9.17) is 4.74 Å². The number of fused-ring (bicyclic) bond motifs is 1. The zero-order chi connectivity index (χ0) is 15.7. The predicted molar refractivity (Wildman–Crippen MR) is 87.0 cm³/mol. The molecule has 3 rings (SSSR count). The van der Waals surface area contributed by atoms with Gasteiger partial charge in [-0.3, -0.25) is 9.59 Å². The van der Waals surface area contributed by atoms with Gasteiger partial charge >= 0.3 is 0 Å². The number of carbonyl (C=O) groups excluding carboxylic acids is 2. The van der Waals surface area contributed by atoms with Crippen LogP contribution in [-0.2, 0) is 9.59 Å². The fourth-order valence-corrected chi connectivity index (χ4v) is 2.40. The minimum Gasteiger partial charge on any atom is -0.468 e. The van der Waals surface area contributed by atoms with Crippen molar-refractivity contribution in [2.24, 2.45) is 0 Å². The molecule has 1 aliphatic rings. The van der Waals surface area contributed by atoms with Gasteiger partial charge in [-0.2, -0.15) is 0 Å². The lowest BCUT2D eigenvalue weighted by atomic mass is 10.2. The van der Waals surface area contributed by atoms with Gasteiger partial charge in [-0.1, -0.05) is 28.1 Å². The zero-order valence-corrected chi connectivity index (χ0v) is 13.3. The molecule has 0 aliphatic carbocycles. The summed E-state index contributed by atoms with van der Waals surface area (Å²) in [6.45, 7) is 1.92. The Morgan fingerprint density at radius 1 is 1.27 bits per heavy atom. The normalized spacial score (nSPS) is 16.3. The van der Waals surface area contributed by atoms with E-state index < -0.39 is 17.9 Å². The third-order valence-electron chi connectivity index (χ3n) is 3.29. The predicted octanol–water partition coefficient (Wildman–Crippen LogP) is 3.10. The van der Waals surface area contributed by atoms with Crippen LogP contribution in [0.3, 0.4) is 0 Å². The minimum atomic E-state index is -1.21. The van der Waals surface area contributed by atoms with Gasteiger partial charge in [-0.05, 0) is 42.8 Å². The van der Waals surface area contributed by atoms with E-state index in [1.165, 1.54) is 0 Å². The second-order valence-corrected chi connectivity index (χ2v) is 5.79. The van der Waals surface area contributed by atoms with E-state index in [1.807, 2.05) is 19.1 Å². The van der Waals surface area contributed by atoms with E-state index in [0.717, 1.165) is 10.0 Å². The molecule has 5 nitrogen and oxygen atoms in total. The number of hydrogen-bond acceptors (Lipinski definition) is 3. The Balaban J connectivity index is 1.78. The summed E-state index contributed by atoms with van der Waals surface area (Å²) >= 11 is 3.40. The van der Waals surface area contributed by atoms with Crippen LogP contribution in [-0.4, -0.2) is 17.9 Å². The third kappa shape index (κ3) is 2.82. The Morgan fingerprint density at radius 2 is 2.05 bits per heavy atom. The van der Waals surface area contributed by atoms with E-state index in [1.54, 1.807) is 30.3 Å². The fraction of sp³-hybridized carbons (Fsp3) is 0.125. The molecule has 0 unspecified atom stereocenters. The average Bonchev–Trinajstić information content (AvgIpc) is 2.50. The van der Waals surface area contributed by atoms with Gasteiger partial charge in [0.15, 0.2) is 0 Å². The molecule has 2 aromatic carbocycles. The van der Waals surface area contributed by atoms with Crippen molar-refractivity contribution in [3.8, 4) is 5.75 Å². The molecule has 0 radical (unpaired) electrons. The topological polar surface area (TPSA) is 67.4 Å². The number of ether oxygens (including phenoxy) is 1. The standard InChI is InChI=1S/C16H13BrN2O3/c1-9-8-10(6-7-11(9)17)18-15(20)14-16(21)19-12-4-2-3-5-13(12)22-14/h2-8,14H,1H3,(H,18,20)(H,19,21)/t14-/m1/s1. The lowest BCUT2D eigenvalue weighted by Crippen LogP contribution is -2.45. The molecule has 0 saturated carbocycles. The summed E-state index contributed by atoms with van der Waals surface area (Å²) in [6, 6.07) is 12.4. The molecule has 112 valence electrons. The number of amides is 2. The highest BCUT2D eigenvalue weighted by molar-refractivity contribution is 9.10. The van der Waals surface area contributed by atoms with Gasteiger partial charge in [0, 0.05) is 10.2 Å². The molecular formula is C16H13BrN2O3. The number of hydrogen-bond donors (Lipinski definition) is 2. The third-order valence-corrected chi connectivity index (χ3v) is 4.18. The van der Waals surface area contributed by atoms with Crippen molar-refractivity contribution in [3.63, 3.8) is 0 Å². The summed E-state index contributed by atoms with van der Waals surface area (Å²) in [7, 11) is 0. The highest BCUT2D eigenvalue weighted by Gasteiger charge is 2.33. The maximum Gasteiger partial charge on any atom is 0.275 e. The number of rotatable bonds is 2. The van der Waals surface area contributed by atoms with Crippen molar-refractivity contribution >= 4 is 39.1 Å². The molecule has 2 N–H and O–H groups in total. The van der Waals surface area contributed by atoms with Crippen LogP contribution in [0, 0.1) is 6.92 Å². The summed E-state index contributed by atoms with van der Waals surface area (Å²) < 4.78 is 6.45. The van der Waals surface area contributed by atoms with Crippen LogP contribution in [0.5, 0.6) is 5.75 Å². The quantitative estimate of drug-likeness (QED) is 0.808. The van der Waals surface area contributed by atoms with Crippen LogP contribution in [0.4, 0.5) is 11.4 Å². The maximum atomic E-state index is 12.3. The molecule has 1 aliphatic heterocycles. The minimum absolute atomic E-state index is 0.481. The molecule has 0 bridgehead atoms. The molecule has 2 aromatic rings. The van der Waals surface area contributed by atoms with Gasteiger partial charge in [0.25, 0.3) is 17.9 Å². The lowest BCUT2D eigenvalue weighted by molar-refractivity contribution is -0.133. The van der Waals surface area contributed by atoms with E-state index in [2.05, 4.69) is 26.6 Å². The van der Waals surface area contributed by atoms with Crippen LogP contribution >= 0.6 is 15.9 Å². The molecule has 1 atom stereocenters. The number of nitrogens with one attached hydrogen (secondary N) is 2. The van der Waals surface area contributed by atoms with Crippen LogP contribution in [0.25, 0.3) is 0 Å². The number of carbonyl (C=O) groups is 2. The number of anilines is 2. The van der Waals surface area contributed by atoms with Crippen LogP contribution in [0.15, 0.2) is 46.9 Å². The number of benzene rings is 2. The first-order chi connectivity index (χ1) is 10.5. The molecule has 0 aromatic heterocycles. The van der Waals surface area contributed by atoms with Crippen molar-refractivity contribution in [1.82, 2.24) is 0 Å². The molecule has 22 heavy (non-hydrogen) atoms. The molecule has 2 amide bonds. The molecule has 1 heterocycles. The summed E-state index contributed by atoms with van der Waals surface area (Å²) in [5.41, 5.74) is 2.16. The first-order valence-electron chi connectivity index (χ1n) is 6.68. The van der Waals surface area contributed by atoms with Gasteiger partial charge in [0.2, 0.25) is 0 Å². The van der Waals surface area contributed by atoms with Gasteiger partial charge in [0.05, 0.1) is 5.69 Å². The Bertz CT molecular complexity index is 761. The van der Waals surface area contributed by atoms with E-state index in [-0.39, 0.29) is 0 Å². The number of para-hydroxylation sites is 2.